The van der Waals surface area contributed by atoms with Crippen LogP contribution in [-0.4, -0.2) is 37.6 Å². The number of nitrogens with zero attached hydrogens (tertiary/aromatic N) is 1. The predicted octanol–water partition coefficient (Wildman–Crippen LogP) is 4.82. The van der Waals surface area contributed by atoms with Crippen molar-refractivity contribution in [3.63, 3.8) is 0 Å². The van der Waals surface area contributed by atoms with Crippen LogP contribution in [0.2, 0.25) is 0 Å². The van der Waals surface area contributed by atoms with E-state index in [2.05, 4.69) is 15.0 Å². The van der Waals surface area contributed by atoms with Gasteiger partial charge in [0.05, 0.1) is 18.9 Å². The molecular weight excluding hydrogens is 410 g/mol. The second-order valence-electron chi connectivity index (χ2n) is 6.86. The smallest absolute Gasteiger partial charge is 0.251 e. The van der Waals surface area contributed by atoms with E-state index in [1.54, 1.807) is 20.3 Å². The maximum Gasteiger partial charge on any atom is 0.251 e. The third-order valence-corrected chi connectivity index (χ3v) is 5.75. The van der Waals surface area contributed by atoms with E-state index < -0.39 is 0 Å². The molecule has 0 fully saturated rings. The van der Waals surface area contributed by atoms with E-state index in [1.807, 2.05) is 60.7 Å². The van der Waals surface area contributed by atoms with Gasteiger partial charge in [-0.1, -0.05) is 24.3 Å². The normalized spacial score (nSPS) is 10.6. The zero-order valence-corrected chi connectivity index (χ0v) is 18.2. The first-order valence-corrected chi connectivity index (χ1v) is 10.7. The van der Waals surface area contributed by atoms with Crippen molar-refractivity contribution < 1.29 is 14.3 Å². The number of carbonyl (C=O) groups is 1. The van der Waals surface area contributed by atoms with Gasteiger partial charge in [0.15, 0.2) is 0 Å². The second-order valence-corrected chi connectivity index (χ2v) is 7.66. The summed E-state index contributed by atoms with van der Waals surface area (Å²) in [6.45, 7) is 1.08. The molecule has 0 bridgehead atoms. The molecule has 3 aromatic carbocycles. The molecule has 7 heteroatoms. The van der Waals surface area contributed by atoms with Crippen molar-refractivity contribution in [3.8, 4) is 22.6 Å². The number of hydrogen-bond donors (Lipinski definition) is 2. The highest BCUT2D eigenvalue weighted by atomic mass is 32.1. The molecule has 1 heterocycles. The van der Waals surface area contributed by atoms with Gasteiger partial charge in [0.1, 0.15) is 17.3 Å². The van der Waals surface area contributed by atoms with Crippen molar-refractivity contribution in [2.45, 2.75) is 0 Å². The molecule has 0 unspecified atom stereocenters. The van der Waals surface area contributed by atoms with Gasteiger partial charge in [0.2, 0.25) is 0 Å². The molecule has 31 heavy (non-hydrogen) atoms. The molecule has 0 radical (unpaired) electrons. The fraction of sp³-hybridized carbons (Fsp3) is 0.167. The molecule has 1 aromatic heterocycles. The number of anilines is 1. The minimum absolute atomic E-state index is 0.126. The van der Waals surface area contributed by atoms with E-state index in [0.29, 0.717) is 24.4 Å². The van der Waals surface area contributed by atoms with E-state index >= 15 is 0 Å². The van der Waals surface area contributed by atoms with E-state index in [1.165, 1.54) is 11.5 Å². The largest absolute Gasteiger partial charge is 0.497 e. The molecule has 6 nitrogen and oxygen atoms in total. The van der Waals surface area contributed by atoms with Crippen LogP contribution in [0.5, 0.6) is 11.5 Å². The molecule has 0 saturated heterocycles. The summed E-state index contributed by atoms with van der Waals surface area (Å²) in [6.07, 6.45) is 0. The summed E-state index contributed by atoms with van der Waals surface area (Å²) < 4.78 is 16.3. The van der Waals surface area contributed by atoms with Crippen molar-refractivity contribution in [1.29, 1.82) is 0 Å². The molecule has 0 aliphatic heterocycles. The predicted molar refractivity (Wildman–Crippen MR) is 125 cm³/mol. The SMILES string of the molecule is COc1ccc(-c2cccc(C(=O)NCCNc3nsc4ccccc34)c2)c(OC)c1. The van der Waals surface area contributed by atoms with Crippen LogP contribution >= 0.6 is 11.5 Å². The van der Waals surface area contributed by atoms with Gasteiger partial charge in [-0.25, -0.2) is 0 Å². The summed E-state index contributed by atoms with van der Waals surface area (Å²) >= 11 is 1.46. The van der Waals surface area contributed by atoms with Crippen LogP contribution in [0.4, 0.5) is 5.82 Å². The summed E-state index contributed by atoms with van der Waals surface area (Å²) in [5.74, 6) is 2.13. The highest BCUT2D eigenvalue weighted by Crippen LogP contribution is 2.33. The van der Waals surface area contributed by atoms with E-state index in [9.17, 15) is 4.79 Å². The number of carbonyl (C=O) groups excluding carboxylic acids is 1. The molecule has 158 valence electrons. The average Bonchev–Trinajstić information content (AvgIpc) is 3.24. The summed E-state index contributed by atoms with van der Waals surface area (Å²) in [5, 5.41) is 7.35. The van der Waals surface area contributed by atoms with Crippen molar-refractivity contribution in [2.24, 2.45) is 0 Å². The van der Waals surface area contributed by atoms with Gasteiger partial charge in [-0.15, -0.1) is 0 Å². The topological polar surface area (TPSA) is 72.5 Å². The first-order valence-electron chi connectivity index (χ1n) is 9.88. The lowest BCUT2D eigenvalue weighted by molar-refractivity contribution is 0.0955. The third kappa shape index (κ3) is 4.62. The first-order chi connectivity index (χ1) is 15.2. The number of benzene rings is 3. The molecule has 4 aromatic rings. The van der Waals surface area contributed by atoms with Crippen molar-refractivity contribution in [2.75, 3.05) is 32.6 Å². The quantitative estimate of drug-likeness (QED) is 0.390. The van der Waals surface area contributed by atoms with Gasteiger partial charge in [0.25, 0.3) is 5.91 Å². The minimum atomic E-state index is -0.126. The number of fused-ring (bicyclic) bond motifs is 1. The lowest BCUT2D eigenvalue weighted by atomic mass is 10.0. The van der Waals surface area contributed by atoms with Crippen molar-refractivity contribution in [1.82, 2.24) is 9.69 Å². The van der Waals surface area contributed by atoms with Gasteiger partial charge in [-0.3, -0.25) is 4.79 Å². The minimum Gasteiger partial charge on any atom is -0.497 e. The van der Waals surface area contributed by atoms with Gasteiger partial charge in [-0.2, -0.15) is 4.37 Å². The summed E-state index contributed by atoms with van der Waals surface area (Å²) in [5.41, 5.74) is 2.39. The molecular formula is C24H23N3O3S. The van der Waals surface area contributed by atoms with Crippen LogP contribution in [0.25, 0.3) is 21.2 Å². The maximum atomic E-state index is 12.7. The second kappa shape index (κ2) is 9.49. The van der Waals surface area contributed by atoms with Crippen LogP contribution < -0.4 is 20.1 Å². The van der Waals surface area contributed by atoms with Gasteiger partial charge < -0.3 is 20.1 Å². The Kier molecular flexibility index (Phi) is 6.33. The lowest BCUT2D eigenvalue weighted by Gasteiger charge is -2.12. The maximum absolute atomic E-state index is 12.7. The zero-order valence-electron chi connectivity index (χ0n) is 17.3. The van der Waals surface area contributed by atoms with E-state index in [0.717, 1.165) is 32.8 Å². The molecule has 0 aliphatic carbocycles. The molecule has 0 spiro atoms. The molecule has 0 saturated carbocycles. The fourth-order valence-corrected chi connectivity index (χ4v) is 4.09. The van der Waals surface area contributed by atoms with Crippen LogP contribution in [0.3, 0.4) is 0 Å². The Balaban J connectivity index is 1.39. The Labute approximate surface area is 185 Å². The van der Waals surface area contributed by atoms with Gasteiger partial charge in [-0.05, 0) is 53.5 Å². The van der Waals surface area contributed by atoms with Crippen molar-refractivity contribution in [3.05, 3.63) is 72.3 Å². The number of aromatic nitrogens is 1. The van der Waals surface area contributed by atoms with E-state index in [4.69, 9.17) is 9.47 Å². The highest BCUT2D eigenvalue weighted by molar-refractivity contribution is 7.13. The number of ether oxygens (including phenoxy) is 2. The fourth-order valence-electron chi connectivity index (χ4n) is 3.34. The summed E-state index contributed by atoms with van der Waals surface area (Å²) in [6, 6.07) is 21.2. The van der Waals surface area contributed by atoms with E-state index in [-0.39, 0.29) is 5.91 Å². The van der Waals surface area contributed by atoms with Crippen molar-refractivity contribution >= 4 is 33.3 Å². The molecule has 4 rings (SSSR count). The number of amides is 1. The van der Waals surface area contributed by atoms with Crippen LogP contribution in [0, 0.1) is 0 Å². The van der Waals surface area contributed by atoms with Crippen LogP contribution in [0.1, 0.15) is 10.4 Å². The number of rotatable bonds is 8. The molecule has 1 amide bonds. The Bertz CT molecular complexity index is 1210. The zero-order chi connectivity index (χ0) is 21.6. The molecule has 2 N–H and O–H groups in total. The monoisotopic (exact) mass is 433 g/mol. The summed E-state index contributed by atoms with van der Waals surface area (Å²) in [7, 11) is 3.23. The first kappa shape index (κ1) is 20.7. The molecule has 0 aliphatic rings. The number of hydrogen-bond acceptors (Lipinski definition) is 6. The number of nitrogens with one attached hydrogen (secondary N) is 2. The van der Waals surface area contributed by atoms with Gasteiger partial charge >= 0.3 is 0 Å². The standard InChI is InChI=1S/C24H23N3O3S/c1-29-18-10-11-19(21(15-18)30-2)16-6-5-7-17(14-16)24(28)26-13-12-25-23-20-8-3-4-9-22(20)31-27-23/h3-11,14-15H,12-13H2,1-2H3,(H,25,27)(H,26,28). The third-order valence-electron chi connectivity index (χ3n) is 4.92. The Morgan fingerprint density at radius 1 is 0.968 bits per heavy atom. The average molecular weight is 434 g/mol. The Morgan fingerprint density at radius 2 is 1.84 bits per heavy atom. The Hall–Kier alpha value is -3.58. The molecule has 0 atom stereocenters. The van der Waals surface area contributed by atoms with Gasteiger partial charge in [0, 0.05) is 35.7 Å². The van der Waals surface area contributed by atoms with Crippen LogP contribution in [-0.2, 0) is 0 Å². The number of methoxy groups -OCH3 is 2. The van der Waals surface area contributed by atoms with Crippen LogP contribution in [0.15, 0.2) is 66.7 Å². The lowest BCUT2D eigenvalue weighted by Crippen LogP contribution is -2.28. The highest BCUT2D eigenvalue weighted by Gasteiger charge is 2.11. The Morgan fingerprint density at radius 3 is 2.68 bits per heavy atom. The summed E-state index contributed by atoms with van der Waals surface area (Å²) in [4.78, 5) is 12.7.